The van der Waals surface area contributed by atoms with E-state index in [9.17, 15) is 13.2 Å². The Bertz CT molecular complexity index is 1180. The number of nitrogens with zero attached hydrogens (tertiary/aromatic N) is 2. The molecule has 0 atom stereocenters. The summed E-state index contributed by atoms with van der Waals surface area (Å²) >= 11 is 7.61. The van der Waals surface area contributed by atoms with E-state index in [2.05, 4.69) is 10.3 Å². The highest BCUT2D eigenvalue weighted by Crippen LogP contribution is 2.31. The van der Waals surface area contributed by atoms with Crippen molar-refractivity contribution in [3.05, 3.63) is 58.6 Å². The van der Waals surface area contributed by atoms with Crippen molar-refractivity contribution in [1.82, 2.24) is 9.29 Å². The minimum atomic E-state index is -3.65. The quantitative estimate of drug-likeness (QED) is 0.571. The van der Waals surface area contributed by atoms with Crippen LogP contribution in [0, 0.1) is 0 Å². The number of carbonyl (C=O) groups excluding carboxylic acids is 1. The van der Waals surface area contributed by atoms with Crippen molar-refractivity contribution in [3.8, 4) is 16.3 Å². The molecule has 1 aromatic heterocycles. The Labute approximate surface area is 184 Å². The van der Waals surface area contributed by atoms with Crippen LogP contribution in [0.4, 0.5) is 5.69 Å². The van der Waals surface area contributed by atoms with E-state index >= 15 is 0 Å². The van der Waals surface area contributed by atoms with Crippen LogP contribution in [0.3, 0.4) is 0 Å². The van der Waals surface area contributed by atoms with Gasteiger partial charge in [0, 0.05) is 25.0 Å². The second-order valence-electron chi connectivity index (χ2n) is 6.50. The van der Waals surface area contributed by atoms with Gasteiger partial charge in [-0.05, 0) is 24.3 Å². The van der Waals surface area contributed by atoms with Crippen LogP contribution in [0.15, 0.2) is 52.7 Å². The molecular formula is C20H20ClN3O4S2. The fourth-order valence-corrected chi connectivity index (χ4v) is 4.73. The third-order valence-electron chi connectivity index (χ3n) is 4.22. The fourth-order valence-electron chi connectivity index (χ4n) is 2.66. The average molecular weight is 466 g/mol. The maximum Gasteiger partial charge on any atom is 0.242 e. The van der Waals surface area contributed by atoms with Crippen molar-refractivity contribution >= 4 is 44.6 Å². The van der Waals surface area contributed by atoms with E-state index in [1.54, 1.807) is 11.4 Å². The van der Waals surface area contributed by atoms with Crippen LogP contribution in [0.1, 0.15) is 5.69 Å². The number of methoxy groups -OCH3 is 1. The van der Waals surface area contributed by atoms with Gasteiger partial charge in [0.25, 0.3) is 0 Å². The van der Waals surface area contributed by atoms with Crippen molar-refractivity contribution in [2.24, 2.45) is 0 Å². The molecule has 7 nitrogen and oxygen atoms in total. The number of hydrogen-bond donors (Lipinski definition) is 1. The number of sulfonamides is 1. The van der Waals surface area contributed by atoms with Crippen LogP contribution in [-0.2, 0) is 21.2 Å². The lowest BCUT2D eigenvalue weighted by Crippen LogP contribution is -2.22. The first-order valence-corrected chi connectivity index (χ1v) is 11.5. The third kappa shape index (κ3) is 4.81. The molecule has 0 aliphatic heterocycles. The zero-order chi connectivity index (χ0) is 21.9. The summed E-state index contributed by atoms with van der Waals surface area (Å²) in [6.07, 6.45) is 0.0226. The van der Waals surface area contributed by atoms with Crippen LogP contribution in [0.5, 0.6) is 5.75 Å². The zero-order valence-electron chi connectivity index (χ0n) is 16.5. The van der Waals surface area contributed by atoms with Gasteiger partial charge >= 0.3 is 0 Å². The first-order valence-electron chi connectivity index (χ1n) is 8.82. The Kier molecular flexibility index (Phi) is 6.77. The molecule has 1 N–H and O–H groups in total. The summed E-state index contributed by atoms with van der Waals surface area (Å²) in [6.45, 7) is 0. The molecule has 0 saturated carbocycles. The molecule has 0 bridgehead atoms. The van der Waals surface area contributed by atoms with Gasteiger partial charge in [-0.2, -0.15) is 0 Å². The van der Waals surface area contributed by atoms with Crippen LogP contribution in [-0.4, -0.2) is 44.8 Å². The average Bonchev–Trinajstić information content (AvgIpc) is 3.16. The van der Waals surface area contributed by atoms with Crippen molar-refractivity contribution in [3.63, 3.8) is 0 Å². The normalized spacial score (nSPS) is 11.5. The molecule has 1 amide bonds. The number of hydrogen-bond acceptors (Lipinski definition) is 6. The lowest BCUT2D eigenvalue weighted by molar-refractivity contribution is -0.115. The maximum absolute atomic E-state index is 12.6. The van der Waals surface area contributed by atoms with Crippen LogP contribution in [0.2, 0.25) is 5.02 Å². The lowest BCUT2D eigenvalue weighted by atomic mass is 10.2. The topological polar surface area (TPSA) is 88.6 Å². The number of aromatic nitrogens is 1. The van der Waals surface area contributed by atoms with Gasteiger partial charge in [0.1, 0.15) is 10.8 Å². The zero-order valence-corrected chi connectivity index (χ0v) is 18.9. The summed E-state index contributed by atoms with van der Waals surface area (Å²) < 4.78 is 31.1. The Morgan fingerprint density at radius 1 is 1.23 bits per heavy atom. The molecule has 3 rings (SSSR count). The van der Waals surface area contributed by atoms with Gasteiger partial charge in [-0.1, -0.05) is 29.8 Å². The molecule has 10 heteroatoms. The van der Waals surface area contributed by atoms with E-state index in [4.69, 9.17) is 16.3 Å². The van der Waals surface area contributed by atoms with Gasteiger partial charge in [0.05, 0.1) is 34.8 Å². The summed E-state index contributed by atoms with van der Waals surface area (Å²) in [5.74, 6) is 0.0137. The second kappa shape index (κ2) is 9.13. The van der Waals surface area contributed by atoms with Gasteiger partial charge < -0.3 is 10.1 Å². The fraction of sp³-hybridized carbons (Fsp3) is 0.200. The number of benzene rings is 2. The molecule has 0 unspecified atom stereocenters. The van der Waals surface area contributed by atoms with Crippen molar-refractivity contribution < 1.29 is 17.9 Å². The Morgan fingerprint density at radius 3 is 2.63 bits per heavy atom. The Balaban J connectivity index is 1.79. The first-order chi connectivity index (χ1) is 14.2. The summed E-state index contributed by atoms with van der Waals surface area (Å²) in [7, 11) is 0.681. The van der Waals surface area contributed by atoms with Crippen LogP contribution in [0.25, 0.3) is 10.6 Å². The van der Waals surface area contributed by atoms with Gasteiger partial charge in [0.15, 0.2) is 0 Å². The monoisotopic (exact) mass is 465 g/mol. The molecule has 3 aromatic rings. The largest absolute Gasteiger partial charge is 0.495 e. The summed E-state index contributed by atoms with van der Waals surface area (Å²) in [5.41, 5.74) is 1.66. The predicted octanol–water partition coefficient (Wildman–Crippen LogP) is 3.90. The SMILES string of the molecule is COc1ccc(S(=O)(=O)N(C)C)cc1NC(=O)Cc1csc(-c2ccccc2Cl)n1. The predicted molar refractivity (Wildman–Crippen MR) is 119 cm³/mol. The molecule has 0 radical (unpaired) electrons. The number of thiazole rings is 1. The molecule has 2 aromatic carbocycles. The minimum Gasteiger partial charge on any atom is -0.495 e. The molecule has 1 heterocycles. The molecular weight excluding hydrogens is 446 g/mol. The number of rotatable bonds is 7. The number of halogens is 1. The maximum atomic E-state index is 12.6. The standard InChI is InChI=1S/C20H20ClN3O4S2/c1-24(2)30(26,27)14-8-9-18(28-3)17(11-14)23-19(25)10-13-12-29-20(22-13)15-6-4-5-7-16(15)21/h4-9,11-12H,10H2,1-3H3,(H,23,25). The van der Waals surface area contributed by atoms with Gasteiger partial charge in [-0.15, -0.1) is 11.3 Å². The number of ether oxygens (including phenoxy) is 1. The van der Waals surface area contributed by atoms with Gasteiger partial charge in [-0.3, -0.25) is 4.79 Å². The number of carbonyl (C=O) groups is 1. The molecule has 0 aliphatic carbocycles. The number of nitrogens with one attached hydrogen (secondary N) is 1. The second-order valence-corrected chi connectivity index (χ2v) is 9.92. The first kappa shape index (κ1) is 22.2. The molecule has 158 valence electrons. The number of amides is 1. The molecule has 0 fully saturated rings. The number of anilines is 1. The van der Waals surface area contributed by atoms with E-state index in [1.165, 1.54) is 50.7 Å². The Hall–Kier alpha value is -2.46. The van der Waals surface area contributed by atoms with Gasteiger partial charge in [-0.25, -0.2) is 17.7 Å². The van der Waals surface area contributed by atoms with E-state index in [1.807, 2.05) is 18.2 Å². The smallest absolute Gasteiger partial charge is 0.242 e. The highest BCUT2D eigenvalue weighted by atomic mass is 35.5. The van der Waals surface area contributed by atoms with Crippen LogP contribution >= 0.6 is 22.9 Å². The minimum absolute atomic E-state index is 0.0226. The highest BCUT2D eigenvalue weighted by molar-refractivity contribution is 7.89. The van der Waals surface area contributed by atoms with E-state index in [0.29, 0.717) is 16.5 Å². The van der Waals surface area contributed by atoms with Gasteiger partial charge in [0.2, 0.25) is 15.9 Å². The van der Waals surface area contributed by atoms with Crippen LogP contribution < -0.4 is 10.1 Å². The van der Waals surface area contributed by atoms with E-state index in [0.717, 1.165) is 14.9 Å². The molecule has 0 spiro atoms. The highest BCUT2D eigenvalue weighted by Gasteiger charge is 2.20. The Morgan fingerprint density at radius 2 is 1.97 bits per heavy atom. The van der Waals surface area contributed by atoms with Crippen molar-refractivity contribution in [1.29, 1.82) is 0 Å². The molecule has 0 aliphatic rings. The molecule has 0 saturated heterocycles. The lowest BCUT2D eigenvalue weighted by Gasteiger charge is -2.15. The van der Waals surface area contributed by atoms with Crippen molar-refractivity contribution in [2.45, 2.75) is 11.3 Å². The van der Waals surface area contributed by atoms with E-state index < -0.39 is 10.0 Å². The summed E-state index contributed by atoms with van der Waals surface area (Å²) in [5, 5.41) is 5.82. The summed E-state index contributed by atoms with van der Waals surface area (Å²) in [6, 6.07) is 11.7. The third-order valence-corrected chi connectivity index (χ3v) is 7.29. The van der Waals surface area contributed by atoms with E-state index in [-0.39, 0.29) is 22.9 Å². The summed E-state index contributed by atoms with van der Waals surface area (Å²) in [4.78, 5) is 17.1. The van der Waals surface area contributed by atoms with Crippen molar-refractivity contribution in [2.75, 3.05) is 26.5 Å². The molecule has 30 heavy (non-hydrogen) atoms.